The summed E-state index contributed by atoms with van der Waals surface area (Å²) < 4.78 is 3.02. The van der Waals surface area contributed by atoms with E-state index in [9.17, 15) is 0 Å². The molecule has 94 valence electrons. The summed E-state index contributed by atoms with van der Waals surface area (Å²) in [5, 5.41) is 4.24. The van der Waals surface area contributed by atoms with Crippen LogP contribution in [0.2, 0.25) is 0 Å². The summed E-state index contributed by atoms with van der Waals surface area (Å²) in [6.07, 6.45) is 1.77. The van der Waals surface area contributed by atoms with Crippen molar-refractivity contribution in [3.8, 4) is 0 Å². The number of fused-ring (bicyclic) bond motifs is 1. The van der Waals surface area contributed by atoms with Crippen LogP contribution in [0.4, 0.5) is 0 Å². The topological polar surface area (TPSA) is 30.2 Å². The van der Waals surface area contributed by atoms with Crippen molar-refractivity contribution in [3.05, 3.63) is 26.7 Å². The van der Waals surface area contributed by atoms with Crippen molar-refractivity contribution in [1.82, 2.24) is 14.6 Å². The summed E-state index contributed by atoms with van der Waals surface area (Å²) in [6.45, 7) is 8.25. The van der Waals surface area contributed by atoms with Gasteiger partial charge < -0.3 is 0 Å². The molecule has 18 heavy (non-hydrogen) atoms. The van der Waals surface area contributed by atoms with Crippen molar-refractivity contribution in [3.63, 3.8) is 0 Å². The zero-order chi connectivity index (χ0) is 13.5. The third-order valence-electron chi connectivity index (χ3n) is 3.59. The van der Waals surface area contributed by atoms with Gasteiger partial charge in [-0.3, -0.25) is 0 Å². The second-order valence-corrected chi connectivity index (χ2v) is 5.86. The molecule has 0 fully saturated rings. The monoisotopic (exact) mass is 353 g/mol. The lowest BCUT2D eigenvalue weighted by Gasteiger charge is -2.28. The second-order valence-electron chi connectivity index (χ2n) is 4.78. The minimum Gasteiger partial charge on any atom is -0.233 e. The molecule has 2 rings (SSSR count). The normalized spacial score (nSPS) is 12.3. The molecule has 0 aliphatic carbocycles. The van der Waals surface area contributed by atoms with Crippen LogP contribution in [-0.2, 0) is 5.31 Å². The molecule has 0 atom stereocenters. The maximum Gasteiger partial charge on any atom is 0.169 e. The average molecular weight is 353 g/mol. The van der Waals surface area contributed by atoms with Gasteiger partial charge in [-0.25, -0.2) is 9.50 Å². The molecule has 2 heterocycles. The van der Waals surface area contributed by atoms with Crippen molar-refractivity contribution in [2.75, 3.05) is 0 Å². The first-order valence-corrected chi connectivity index (χ1v) is 7.32. The molecule has 0 aromatic carbocycles. The van der Waals surface area contributed by atoms with Gasteiger partial charge in [-0.1, -0.05) is 26.7 Å². The van der Waals surface area contributed by atoms with Gasteiger partial charge in [0.05, 0.1) is 17.1 Å². The van der Waals surface area contributed by atoms with E-state index in [4.69, 9.17) is 7.85 Å². The van der Waals surface area contributed by atoms with Crippen LogP contribution in [0.3, 0.4) is 0 Å². The lowest BCUT2D eigenvalue weighted by molar-refractivity contribution is 0.530. The molecule has 0 bridgehead atoms. The Hall–Kier alpha value is -0.585. The first kappa shape index (κ1) is 13.8. The predicted molar refractivity (Wildman–Crippen MR) is 83.2 cm³/mol. The third kappa shape index (κ3) is 2.06. The Kier molecular flexibility index (Phi) is 3.71. The van der Waals surface area contributed by atoms with Gasteiger partial charge in [0.1, 0.15) is 0 Å². The Morgan fingerprint density at radius 1 is 1.33 bits per heavy atom. The molecule has 2 aromatic rings. The van der Waals surface area contributed by atoms with Crippen molar-refractivity contribution >= 4 is 36.1 Å². The second kappa shape index (κ2) is 4.83. The summed E-state index contributed by atoms with van der Waals surface area (Å²) in [6, 6.07) is 2.06. The van der Waals surface area contributed by atoms with E-state index in [2.05, 4.69) is 52.6 Å². The molecular weight excluding hydrogens is 336 g/mol. The van der Waals surface area contributed by atoms with Crippen LogP contribution in [0.15, 0.2) is 6.07 Å². The number of aromatic nitrogens is 3. The molecule has 0 spiro atoms. The molecule has 0 N–H and O–H groups in total. The summed E-state index contributed by atoms with van der Waals surface area (Å²) in [5.74, 6) is 0. The molecule has 0 saturated carbocycles. The summed E-state index contributed by atoms with van der Waals surface area (Å²) >= 11 is 2.30. The van der Waals surface area contributed by atoms with Crippen molar-refractivity contribution in [2.24, 2.45) is 0 Å². The lowest BCUT2D eigenvalue weighted by atomic mass is 9.62. The highest BCUT2D eigenvalue weighted by atomic mass is 127. The predicted octanol–water partition coefficient (Wildman–Crippen LogP) is 3.13. The molecular formula is C13H17BIN3. The standard InChI is InChI=1S/C13H17BIN3/c1-5-13(14,6-2)10-7-8(3)16-12-11(15)9(4)17-18(10)12/h7H,5-6H2,1-4H3. The maximum absolute atomic E-state index is 6.52. The minimum absolute atomic E-state index is 0.340. The van der Waals surface area contributed by atoms with Crippen LogP contribution in [0, 0.1) is 17.4 Å². The van der Waals surface area contributed by atoms with Gasteiger partial charge in [-0.15, -0.1) is 0 Å². The Bertz CT molecular complexity index is 587. The van der Waals surface area contributed by atoms with Crippen LogP contribution >= 0.6 is 22.6 Å². The fourth-order valence-corrected chi connectivity index (χ4v) is 2.64. The van der Waals surface area contributed by atoms with Gasteiger partial charge in [0.15, 0.2) is 5.65 Å². The lowest BCUT2D eigenvalue weighted by Crippen LogP contribution is -2.28. The van der Waals surface area contributed by atoms with E-state index in [-0.39, 0.29) is 5.31 Å². The number of rotatable bonds is 3. The summed E-state index contributed by atoms with van der Waals surface area (Å²) in [5.41, 5.74) is 3.97. The zero-order valence-corrected chi connectivity index (χ0v) is 13.4. The highest BCUT2D eigenvalue weighted by Gasteiger charge is 2.26. The number of halogens is 1. The highest BCUT2D eigenvalue weighted by molar-refractivity contribution is 14.1. The van der Waals surface area contributed by atoms with Crippen LogP contribution in [0.5, 0.6) is 0 Å². The van der Waals surface area contributed by atoms with Gasteiger partial charge in [0.2, 0.25) is 0 Å². The zero-order valence-electron chi connectivity index (χ0n) is 11.3. The largest absolute Gasteiger partial charge is 0.233 e. The first-order chi connectivity index (χ1) is 8.42. The van der Waals surface area contributed by atoms with Crippen LogP contribution < -0.4 is 0 Å². The number of hydrogen-bond donors (Lipinski definition) is 0. The van der Waals surface area contributed by atoms with Crippen LogP contribution in [-0.4, -0.2) is 22.4 Å². The fraction of sp³-hybridized carbons (Fsp3) is 0.538. The molecule has 3 nitrogen and oxygen atoms in total. The molecule has 0 aliphatic rings. The maximum atomic E-state index is 6.52. The van der Waals surface area contributed by atoms with Gasteiger partial charge in [-0.2, -0.15) is 5.10 Å². The summed E-state index contributed by atoms with van der Waals surface area (Å²) in [7, 11) is 6.52. The molecule has 0 amide bonds. The summed E-state index contributed by atoms with van der Waals surface area (Å²) in [4.78, 5) is 4.58. The van der Waals surface area contributed by atoms with Crippen molar-refractivity contribution < 1.29 is 0 Å². The van der Waals surface area contributed by atoms with E-state index in [1.165, 1.54) is 0 Å². The molecule has 2 radical (unpaired) electrons. The van der Waals surface area contributed by atoms with E-state index < -0.39 is 0 Å². The van der Waals surface area contributed by atoms with Crippen molar-refractivity contribution in [1.29, 1.82) is 0 Å². The fourth-order valence-electron chi connectivity index (χ4n) is 2.19. The van der Waals surface area contributed by atoms with E-state index in [0.29, 0.717) is 0 Å². The Morgan fingerprint density at radius 3 is 2.50 bits per heavy atom. The van der Waals surface area contributed by atoms with E-state index in [1.54, 1.807) is 0 Å². The van der Waals surface area contributed by atoms with Gasteiger partial charge in [-0.05, 0) is 47.8 Å². The number of nitrogens with zero attached hydrogens (tertiary/aromatic N) is 3. The van der Waals surface area contributed by atoms with Crippen LogP contribution in [0.25, 0.3) is 5.65 Å². The van der Waals surface area contributed by atoms with Crippen molar-refractivity contribution in [2.45, 2.75) is 45.9 Å². The Labute approximate surface area is 123 Å². The van der Waals surface area contributed by atoms with Crippen LogP contribution in [0.1, 0.15) is 43.8 Å². The highest BCUT2D eigenvalue weighted by Crippen LogP contribution is 2.30. The van der Waals surface area contributed by atoms with Gasteiger partial charge >= 0.3 is 0 Å². The van der Waals surface area contributed by atoms with E-state index in [1.807, 2.05) is 18.4 Å². The SMILES string of the molecule is [B]C(CC)(CC)c1cc(C)nc2c(I)c(C)nn12. The average Bonchev–Trinajstić information content (AvgIpc) is 2.64. The smallest absolute Gasteiger partial charge is 0.169 e. The quantitative estimate of drug-likeness (QED) is 0.627. The third-order valence-corrected chi connectivity index (χ3v) is 4.86. The first-order valence-electron chi connectivity index (χ1n) is 6.24. The van der Waals surface area contributed by atoms with Gasteiger partial charge in [0.25, 0.3) is 0 Å². The molecule has 0 unspecified atom stereocenters. The number of hydrogen-bond acceptors (Lipinski definition) is 2. The number of aryl methyl sites for hydroxylation is 2. The van der Waals surface area contributed by atoms with E-state index in [0.717, 1.165) is 39.1 Å². The molecule has 5 heteroatoms. The Morgan fingerprint density at radius 2 is 1.94 bits per heavy atom. The molecule has 0 aliphatic heterocycles. The van der Waals surface area contributed by atoms with E-state index >= 15 is 0 Å². The molecule has 2 aromatic heterocycles. The Balaban J connectivity index is 2.82. The van der Waals surface area contributed by atoms with Gasteiger partial charge in [0, 0.05) is 11.4 Å². The molecule has 0 saturated heterocycles. The minimum atomic E-state index is -0.340.